The average molecular weight is 210 g/mol. The highest BCUT2D eigenvalue weighted by molar-refractivity contribution is 6.30. The molecule has 0 saturated carbocycles. The Morgan fingerprint density at radius 3 is 2.64 bits per heavy atom. The van der Waals surface area contributed by atoms with Gasteiger partial charge in [-0.1, -0.05) is 25.4 Å². The fourth-order valence-corrected chi connectivity index (χ4v) is 2.13. The maximum atomic E-state index is 6.09. The quantitative estimate of drug-likeness (QED) is 0.773. The van der Waals surface area contributed by atoms with Crippen molar-refractivity contribution in [3.63, 3.8) is 0 Å². The summed E-state index contributed by atoms with van der Waals surface area (Å²) in [7, 11) is 0. The summed E-state index contributed by atoms with van der Waals surface area (Å²) in [6.07, 6.45) is 3.69. The van der Waals surface area contributed by atoms with Crippen LogP contribution in [0.15, 0.2) is 6.20 Å². The first-order valence-electron chi connectivity index (χ1n) is 4.78. The monoisotopic (exact) mass is 209 g/mol. The lowest BCUT2D eigenvalue weighted by Crippen LogP contribution is -1.96. The molecule has 4 heteroatoms. The summed E-state index contributed by atoms with van der Waals surface area (Å²) in [6.45, 7) is 4.21. The van der Waals surface area contributed by atoms with Crippen molar-refractivity contribution < 1.29 is 0 Å². The third kappa shape index (κ3) is 1.28. The minimum Gasteiger partial charge on any atom is -0.261 e. The van der Waals surface area contributed by atoms with E-state index in [-0.39, 0.29) is 0 Å². The lowest BCUT2D eigenvalue weighted by atomic mass is 10.0. The number of nitrogens with one attached hydrogen (secondary N) is 1. The molecular formula is C10H12ClN3. The van der Waals surface area contributed by atoms with E-state index >= 15 is 0 Å². The summed E-state index contributed by atoms with van der Waals surface area (Å²) in [5, 5.41) is 8.51. The Balaban J connectivity index is 2.82. The van der Waals surface area contributed by atoms with Gasteiger partial charge < -0.3 is 0 Å². The minimum atomic E-state index is 0.598. The highest BCUT2D eigenvalue weighted by Crippen LogP contribution is 2.25. The van der Waals surface area contributed by atoms with E-state index in [9.17, 15) is 0 Å². The molecule has 0 atom stereocenters. The van der Waals surface area contributed by atoms with Gasteiger partial charge in [0, 0.05) is 5.39 Å². The Hall–Kier alpha value is -1.09. The number of rotatable bonds is 2. The molecule has 0 spiro atoms. The maximum absolute atomic E-state index is 6.09. The molecule has 74 valence electrons. The van der Waals surface area contributed by atoms with Crippen LogP contribution in [0.25, 0.3) is 11.0 Å². The SMILES string of the molecule is CCc1c(Cl)nc2[nH]ncc2c1CC. The van der Waals surface area contributed by atoms with E-state index in [1.54, 1.807) is 0 Å². The third-order valence-electron chi connectivity index (χ3n) is 2.47. The van der Waals surface area contributed by atoms with Crippen molar-refractivity contribution in [3.8, 4) is 0 Å². The first-order valence-corrected chi connectivity index (χ1v) is 5.16. The molecule has 0 aliphatic heterocycles. The van der Waals surface area contributed by atoms with E-state index in [1.165, 1.54) is 5.56 Å². The van der Waals surface area contributed by atoms with Gasteiger partial charge in [-0.25, -0.2) is 4.98 Å². The first-order chi connectivity index (χ1) is 6.77. The van der Waals surface area contributed by atoms with E-state index < -0.39 is 0 Å². The second-order valence-corrected chi connectivity index (χ2v) is 3.56. The fourth-order valence-electron chi connectivity index (χ4n) is 1.80. The van der Waals surface area contributed by atoms with Gasteiger partial charge in [-0.15, -0.1) is 0 Å². The van der Waals surface area contributed by atoms with E-state index in [2.05, 4.69) is 29.0 Å². The molecule has 1 N–H and O–H groups in total. The van der Waals surface area contributed by atoms with Crippen molar-refractivity contribution in [2.45, 2.75) is 26.7 Å². The van der Waals surface area contributed by atoms with Crippen LogP contribution in [0.3, 0.4) is 0 Å². The predicted octanol–water partition coefficient (Wildman–Crippen LogP) is 2.74. The standard InChI is InChI=1S/C10H12ClN3/c1-3-6-7(4-2)9(11)13-10-8(6)5-12-14-10/h5H,3-4H2,1-2H3,(H,12,13,14). The molecule has 3 nitrogen and oxygen atoms in total. The van der Waals surface area contributed by atoms with Gasteiger partial charge in [0.05, 0.1) is 6.20 Å². The molecule has 14 heavy (non-hydrogen) atoms. The molecule has 0 fully saturated rings. The molecule has 0 radical (unpaired) electrons. The zero-order valence-electron chi connectivity index (χ0n) is 8.26. The number of halogens is 1. The molecule has 2 heterocycles. The van der Waals surface area contributed by atoms with Crippen molar-refractivity contribution >= 4 is 22.6 Å². The van der Waals surface area contributed by atoms with E-state index in [0.29, 0.717) is 5.15 Å². The van der Waals surface area contributed by atoms with Gasteiger partial charge in [-0.05, 0) is 24.0 Å². The fraction of sp³-hybridized carbons (Fsp3) is 0.400. The summed E-state index contributed by atoms with van der Waals surface area (Å²) in [6, 6.07) is 0. The third-order valence-corrected chi connectivity index (χ3v) is 2.79. The minimum absolute atomic E-state index is 0.598. The lowest BCUT2D eigenvalue weighted by Gasteiger charge is -2.07. The number of fused-ring (bicyclic) bond motifs is 1. The van der Waals surface area contributed by atoms with Gasteiger partial charge >= 0.3 is 0 Å². The zero-order valence-corrected chi connectivity index (χ0v) is 9.02. The summed E-state index contributed by atoms with van der Waals surface area (Å²) in [5.41, 5.74) is 3.18. The Labute approximate surface area is 87.5 Å². The molecular weight excluding hydrogens is 198 g/mol. The number of aryl methyl sites for hydroxylation is 1. The maximum Gasteiger partial charge on any atom is 0.157 e. The predicted molar refractivity (Wildman–Crippen MR) is 57.7 cm³/mol. The van der Waals surface area contributed by atoms with Crippen LogP contribution in [0.2, 0.25) is 5.15 Å². The van der Waals surface area contributed by atoms with E-state index in [4.69, 9.17) is 11.6 Å². The number of aromatic nitrogens is 3. The molecule has 0 unspecified atom stereocenters. The van der Waals surface area contributed by atoms with Crippen LogP contribution in [0.4, 0.5) is 0 Å². The van der Waals surface area contributed by atoms with E-state index in [0.717, 1.165) is 29.4 Å². The summed E-state index contributed by atoms with van der Waals surface area (Å²) >= 11 is 6.09. The van der Waals surface area contributed by atoms with Crippen molar-refractivity contribution in [3.05, 3.63) is 22.5 Å². The second-order valence-electron chi connectivity index (χ2n) is 3.20. The molecule has 0 aromatic carbocycles. The Bertz CT molecular complexity index is 462. The number of aromatic amines is 1. The van der Waals surface area contributed by atoms with Crippen LogP contribution in [0, 0.1) is 0 Å². The van der Waals surface area contributed by atoms with Crippen molar-refractivity contribution in [1.29, 1.82) is 0 Å². The zero-order chi connectivity index (χ0) is 10.1. The van der Waals surface area contributed by atoms with Crippen LogP contribution < -0.4 is 0 Å². The smallest absolute Gasteiger partial charge is 0.157 e. The lowest BCUT2D eigenvalue weighted by molar-refractivity contribution is 1.03. The van der Waals surface area contributed by atoms with Crippen LogP contribution in [0.5, 0.6) is 0 Å². The van der Waals surface area contributed by atoms with Crippen molar-refractivity contribution in [1.82, 2.24) is 15.2 Å². The van der Waals surface area contributed by atoms with Gasteiger partial charge in [0.15, 0.2) is 5.65 Å². The highest BCUT2D eigenvalue weighted by atomic mass is 35.5. The summed E-state index contributed by atoms with van der Waals surface area (Å²) < 4.78 is 0. The Morgan fingerprint density at radius 1 is 1.29 bits per heavy atom. The number of nitrogens with zero attached hydrogens (tertiary/aromatic N) is 2. The average Bonchev–Trinajstić information content (AvgIpc) is 2.62. The van der Waals surface area contributed by atoms with Crippen LogP contribution in [-0.4, -0.2) is 15.2 Å². The Morgan fingerprint density at radius 2 is 2.00 bits per heavy atom. The van der Waals surface area contributed by atoms with Gasteiger partial charge in [-0.3, -0.25) is 5.10 Å². The van der Waals surface area contributed by atoms with Crippen LogP contribution >= 0.6 is 11.6 Å². The first kappa shape index (κ1) is 9.46. The van der Waals surface area contributed by atoms with Crippen LogP contribution in [-0.2, 0) is 12.8 Å². The molecule has 0 bridgehead atoms. The number of pyridine rings is 1. The Kier molecular flexibility index (Phi) is 2.42. The highest BCUT2D eigenvalue weighted by Gasteiger charge is 2.11. The molecule has 2 aromatic rings. The largest absolute Gasteiger partial charge is 0.261 e. The summed E-state index contributed by atoms with van der Waals surface area (Å²) in [5.74, 6) is 0. The van der Waals surface area contributed by atoms with Gasteiger partial charge in [0.25, 0.3) is 0 Å². The number of H-pyrrole nitrogens is 1. The molecule has 0 aliphatic carbocycles. The van der Waals surface area contributed by atoms with Crippen LogP contribution in [0.1, 0.15) is 25.0 Å². The molecule has 0 amide bonds. The van der Waals surface area contributed by atoms with Gasteiger partial charge in [0.2, 0.25) is 0 Å². The molecule has 2 aromatic heterocycles. The number of hydrogen-bond acceptors (Lipinski definition) is 2. The number of hydrogen-bond donors (Lipinski definition) is 1. The van der Waals surface area contributed by atoms with E-state index in [1.807, 2.05) is 6.20 Å². The normalized spacial score (nSPS) is 11.1. The van der Waals surface area contributed by atoms with Crippen molar-refractivity contribution in [2.24, 2.45) is 0 Å². The second kappa shape index (κ2) is 3.58. The summed E-state index contributed by atoms with van der Waals surface area (Å²) in [4.78, 5) is 4.26. The molecule has 2 rings (SSSR count). The molecule has 0 saturated heterocycles. The van der Waals surface area contributed by atoms with Gasteiger partial charge in [-0.2, -0.15) is 5.10 Å². The molecule has 0 aliphatic rings. The van der Waals surface area contributed by atoms with Gasteiger partial charge in [0.1, 0.15) is 5.15 Å². The van der Waals surface area contributed by atoms with Crippen molar-refractivity contribution in [2.75, 3.05) is 0 Å². The topological polar surface area (TPSA) is 41.6 Å².